The lowest BCUT2D eigenvalue weighted by molar-refractivity contribution is 0.432. The lowest BCUT2D eigenvalue weighted by atomic mass is 10.2. The predicted molar refractivity (Wildman–Crippen MR) is 83.8 cm³/mol. The number of hydrogen-bond donors (Lipinski definition) is 0. The normalized spacial score (nSPS) is 11.5. The molecule has 9 nitrogen and oxygen atoms in total. The van der Waals surface area contributed by atoms with Gasteiger partial charge in [-0.25, -0.2) is 15.0 Å². The summed E-state index contributed by atoms with van der Waals surface area (Å²) >= 11 is 0. The summed E-state index contributed by atoms with van der Waals surface area (Å²) in [6.45, 7) is 0. The quantitative estimate of drug-likeness (QED) is 0.488. The van der Waals surface area contributed by atoms with Crippen LogP contribution in [-0.4, -0.2) is 39.0 Å². The van der Waals surface area contributed by atoms with Gasteiger partial charge in [-0.1, -0.05) is 5.16 Å². The second-order valence-corrected chi connectivity index (χ2v) is 5.26. The number of nitrogens with zero attached hydrogens (tertiary/aromatic N) is 8. The van der Waals surface area contributed by atoms with Crippen molar-refractivity contribution in [2.24, 2.45) is 7.05 Å². The first-order valence-corrected chi connectivity index (χ1v) is 7.19. The highest BCUT2D eigenvalue weighted by Crippen LogP contribution is 2.27. The van der Waals surface area contributed by atoms with Crippen LogP contribution in [0.15, 0.2) is 47.9 Å². The molecule has 0 aliphatic carbocycles. The van der Waals surface area contributed by atoms with Crippen LogP contribution in [0.4, 0.5) is 0 Å². The Morgan fingerprint density at radius 3 is 3.00 bits per heavy atom. The summed E-state index contributed by atoms with van der Waals surface area (Å²) in [5.41, 5.74) is 3.67. The molecule has 0 bridgehead atoms. The van der Waals surface area contributed by atoms with Crippen LogP contribution in [0.3, 0.4) is 0 Å². The Hall–Kier alpha value is -3.62. The van der Waals surface area contributed by atoms with Crippen molar-refractivity contribution in [3.8, 4) is 23.0 Å². The zero-order chi connectivity index (χ0) is 16.1. The van der Waals surface area contributed by atoms with Gasteiger partial charge in [0.15, 0.2) is 11.3 Å². The maximum Gasteiger partial charge on any atom is 0.260 e. The maximum absolute atomic E-state index is 5.45. The lowest BCUT2D eigenvalue weighted by Gasteiger charge is -1.96. The molecule has 0 fully saturated rings. The van der Waals surface area contributed by atoms with E-state index in [0.29, 0.717) is 11.7 Å². The number of fused-ring (bicyclic) bond motifs is 2. The van der Waals surface area contributed by atoms with Crippen LogP contribution < -0.4 is 0 Å². The van der Waals surface area contributed by atoms with Crippen LogP contribution in [0.5, 0.6) is 0 Å². The Labute approximate surface area is 134 Å². The van der Waals surface area contributed by atoms with Crippen molar-refractivity contribution in [2.45, 2.75) is 0 Å². The molecule has 5 aromatic heterocycles. The number of imidazole rings is 2. The van der Waals surface area contributed by atoms with Gasteiger partial charge in [0.2, 0.25) is 5.82 Å². The molecule has 0 aliphatic rings. The van der Waals surface area contributed by atoms with Crippen LogP contribution in [0, 0.1) is 0 Å². The van der Waals surface area contributed by atoms with Crippen molar-refractivity contribution in [3.63, 3.8) is 0 Å². The average Bonchev–Trinajstić information content (AvgIpc) is 3.33. The van der Waals surface area contributed by atoms with E-state index in [9.17, 15) is 0 Å². The molecule has 0 atom stereocenters. The van der Waals surface area contributed by atoms with Crippen LogP contribution in [-0.2, 0) is 7.05 Å². The minimum absolute atomic E-state index is 0.389. The molecule has 0 saturated heterocycles. The van der Waals surface area contributed by atoms with E-state index in [2.05, 4.69) is 30.1 Å². The summed E-state index contributed by atoms with van der Waals surface area (Å²) in [5.74, 6) is 0.838. The summed E-state index contributed by atoms with van der Waals surface area (Å²) in [6.07, 6.45) is 10.2. The van der Waals surface area contributed by atoms with E-state index in [-0.39, 0.29) is 0 Å². The molecule has 5 heterocycles. The van der Waals surface area contributed by atoms with Gasteiger partial charge in [0, 0.05) is 25.6 Å². The molecular formula is C15H10N8O. The third kappa shape index (κ3) is 1.75. The zero-order valence-corrected chi connectivity index (χ0v) is 12.5. The monoisotopic (exact) mass is 318 g/mol. The third-order valence-electron chi connectivity index (χ3n) is 3.80. The Kier molecular flexibility index (Phi) is 2.51. The standard InChI is InChI=1S/C15H10N8O/c1-22-8-19-12-9(2-3-17-14(12)22)15-20-13(21-24-15)10-6-18-11-7-16-4-5-23(10)11/h2-8H,1H3. The molecule has 5 rings (SSSR count). The molecule has 116 valence electrons. The fourth-order valence-corrected chi connectivity index (χ4v) is 2.64. The van der Waals surface area contributed by atoms with E-state index >= 15 is 0 Å². The van der Waals surface area contributed by atoms with E-state index in [1.54, 1.807) is 37.3 Å². The van der Waals surface area contributed by atoms with Gasteiger partial charge in [0.1, 0.15) is 11.2 Å². The molecule has 24 heavy (non-hydrogen) atoms. The van der Waals surface area contributed by atoms with Crippen molar-refractivity contribution in [3.05, 3.63) is 43.4 Å². The predicted octanol–water partition coefficient (Wildman–Crippen LogP) is 1.73. The van der Waals surface area contributed by atoms with E-state index in [1.165, 1.54) is 0 Å². The smallest absolute Gasteiger partial charge is 0.260 e. The van der Waals surface area contributed by atoms with Crippen LogP contribution in [0.1, 0.15) is 0 Å². The lowest BCUT2D eigenvalue weighted by Crippen LogP contribution is -1.90. The number of aryl methyl sites for hydroxylation is 1. The molecule has 0 spiro atoms. The topological polar surface area (TPSA) is 99.8 Å². The molecule has 0 unspecified atom stereocenters. The Morgan fingerprint density at radius 1 is 1.08 bits per heavy atom. The fourth-order valence-electron chi connectivity index (χ4n) is 2.64. The Bertz CT molecular complexity index is 1180. The highest BCUT2D eigenvalue weighted by Gasteiger charge is 2.17. The van der Waals surface area contributed by atoms with E-state index in [4.69, 9.17) is 4.52 Å². The highest BCUT2D eigenvalue weighted by molar-refractivity contribution is 5.87. The van der Waals surface area contributed by atoms with Crippen molar-refractivity contribution in [1.29, 1.82) is 0 Å². The zero-order valence-electron chi connectivity index (χ0n) is 12.5. The van der Waals surface area contributed by atoms with Crippen LogP contribution >= 0.6 is 0 Å². The van der Waals surface area contributed by atoms with Gasteiger partial charge >= 0.3 is 0 Å². The van der Waals surface area contributed by atoms with E-state index in [1.807, 2.05) is 22.1 Å². The van der Waals surface area contributed by atoms with Gasteiger partial charge in [-0.15, -0.1) is 0 Å². The summed E-state index contributed by atoms with van der Waals surface area (Å²) in [4.78, 5) is 21.5. The molecule has 0 N–H and O–H groups in total. The van der Waals surface area contributed by atoms with Gasteiger partial charge in [-0.05, 0) is 6.07 Å². The van der Waals surface area contributed by atoms with Crippen molar-refractivity contribution in [2.75, 3.05) is 0 Å². The largest absolute Gasteiger partial charge is 0.333 e. The maximum atomic E-state index is 5.45. The van der Waals surface area contributed by atoms with Gasteiger partial charge in [-0.2, -0.15) is 4.98 Å². The van der Waals surface area contributed by atoms with Crippen molar-refractivity contribution in [1.82, 2.24) is 39.0 Å². The van der Waals surface area contributed by atoms with E-state index in [0.717, 1.165) is 28.1 Å². The summed E-state index contributed by atoms with van der Waals surface area (Å²) in [5, 5.41) is 4.08. The first-order valence-electron chi connectivity index (χ1n) is 7.19. The molecule has 9 heteroatoms. The molecule has 0 aromatic carbocycles. The summed E-state index contributed by atoms with van der Waals surface area (Å²) in [6, 6.07) is 1.81. The second kappa shape index (κ2) is 4.69. The Morgan fingerprint density at radius 2 is 2.04 bits per heavy atom. The number of pyridine rings is 1. The van der Waals surface area contributed by atoms with Crippen LogP contribution in [0.2, 0.25) is 0 Å². The molecule has 0 saturated carbocycles. The molecule has 0 aliphatic heterocycles. The number of rotatable bonds is 2. The first-order chi connectivity index (χ1) is 11.8. The summed E-state index contributed by atoms with van der Waals surface area (Å²) < 4.78 is 9.14. The van der Waals surface area contributed by atoms with Crippen molar-refractivity contribution < 1.29 is 4.52 Å². The van der Waals surface area contributed by atoms with Gasteiger partial charge in [0.05, 0.1) is 24.3 Å². The average molecular weight is 318 g/mol. The Balaban J connectivity index is 1.67. The van der Waals surface area contributed by atoms with Gasteiger partial charge < -0.3 is 9.09 Å². The number of hydrogen-bond acceptors (Lipinski definition) is 7. The van der Waals surface area contributed by atoms with Crippen LogP contribution in [0.25, 0.3) is 39.8 Å². The highest BCUT2D eigenvalue weighted by atomic mass is 16.5. The minimum atomic E-state index is 0.389. The van der Waals surface area contributed by atoms with Gasteiger partial charge in [0.25, 0.3) is 5.89 Å². The van der Waals surface area contributed by atoms with Gasteiger partial charge in [-0.3, -0.25) is 9.38 Å². The van der Waals surface area contributed by atoms with Crippen molar-refractivity contribution >= 4 is 16.8 Å². The fraction of sp³-hybridized carbons (Fsp3) is 0.0667. The molecule has 5 aromatic rings. The SMILES string of the molecule is Cn1cnc2c(-c3nc(-c4cnc5cnccn45)no3)ccnc21. The van der Waals surface area contributed by atoms with E-state index < -0.39 is 0 Å². The third-order valence-corrected chi connectivity index (χ3v) is 3.80. The minimum Gasteiger partial charge on any atom is -0.333 e. The first kappa shape index (κ1) is 12.9. The molecule has 0 amide bonds. The molecular weight excluding hydrogens is 308 g/mol. The molecule has 0 radical (unpaired) electrons. The number of aromatic nitrogens is 8. The summed E-state index contributed by atoms with van der Waals surface area (Å²) in [7, 11) is 1.89. The second-order valence-electron chi connectivity index (χ2n) is 5.26.